The average Bonchev–Trinajstić information content (AvgIpc) is 3.01. The number of benzene rings is 1. The monoisotopic (exact) mass is 464 g/mol. The maximum absolute atomic E-state index is 13.4. The van der Waals surface area contributed by atoms with Crippen LogP contribution >= 0.6 is 0 Å². The SMILES string of the molecule is Cn1cc(C[C@H](NC(=O)OC(C)(C)C)C(=O)N2CCN(S(C)(=O)=O)CC2)c2ccccc21. The molecule has 9 nitrogen and oxygen atoms in total. The van der Waals surface area contributed by atoms with Crippen molar-refractivity contribution in [1.29, 1.82) is 0 Å². The van der Waals surface area contributed by atoms with Crippen molar-refractivity contribution in [1.82, 2.24) is 19.1 Å². The molecule has 10 heteroatoms. The molecule has 0 spiro atoms. The summed E-state index contributed by atoms with van der Waals surface area (Å²) >= 11 is 0. The molecule has 32 heavy (non-hydrogen) atoms. The Kier molecular flexibility index (Phi) is 6.85. The van der Waals surface area contributed by atoms with Crippen molar-refractivity contribution >= 4 is 32.9 Å². The summed E-state index contributed by atoms with van der Waals surface area (Å²) in [7, 11) is -1.36. The van der Waals surface area contributed by atoms with Crippen LogP contribution in [-0.2, 0) is 33.0 Å². The van der Waals surface area contributed by atoms with Gasteiger partial charge in [0, 0.05) is 56.7 Å². The van der Waals surface area contributed by atoms with Crippen molar-refractivity contribution in [3.63, 3.8) is 0 Å². The van der Waals surface area contributed by atoms with Gasteiger partial charge in [0.25, 0.3) is 0 Å². The molecule has 1 N–H and O–H groups in total. The van der Waals surface area contributed by atoms with E-state index in [0.29, 0.717) is 6.42 Å². The summed E-state index contributed by atoms with van der Waals surface area (Å²) in [4.78, 5) is 27.5. The molecule has 1 aromatic heterocycles. The molecule has 176 valence electrons. The smallest absolute Gasteiger partial charge is 0.408 e. The van der Waals surface area contributed by atoms with E-state index in [9.17, 15) is 18.0 Å². The third-order valence-electron chi connectivity index (χ3n) is 5.41. The van der Waals surface area contributed by atoms with Crippen molar-refractivity contribution in [3.05, 3.63) is 36.0 Å². The van der Waals surface area contributed by atoms with Gasteiger partial charge in [-0.1, -0.05) is 18.2 Å². The quantitative estimate of drug-likeness (QED) is 0.726. The predicted octanol–water partition coefficient (Wildman–Crippen LogP) is 1.72. The van der Waals surface area contributed by atoms with Crippen LogP contribution in [0.1, 0.15) is 26.3 Å². The van der Waals surface area contributed by atoms with Crippen LogP contribution in [0.5, 0.6) is 0 Å². The number of alkyl carbamates (subject to hydrolysis) is 1. The van der Waals surface area contributed by atoms with Crippen LogP contribution in [0.2, 0.25) is 0 Å². The Morgan fingerprint density at radius 3 is 2.34 bits per heavy atom. The van der Waals surface area contributed by atoms with E-state index >= 15 is 0 Å². The lowest BCUT2D eigenvalue weighted by atomic mass is 10.0. The molecule has 0 aliphatic carbocycles. The van der Waals surface area contributed by atoms with Crippen molar-refractivity contribution in [2.24, 2.45) is 7.05 Å². The maximum atomic E-state index is 13.4. The van der Waals surface area contributed by atoms with Crippen LogP contribution < -0.4 is 5.32 Å². The Morgan fingerprint density at radius 2 is 1.75 bits per heavy atom. The Bertz CT molecular complexity index is 1100. The third-order valence-corrected chi connectivity index (χ3v) is 6.72. The van der Waals surface area contributed by atoms with Crippen molar-refractivity contribution in [3.8, 4) is 0 Å². The fraction of sp³-hybridized carbons (Fsp3) is 0.545. The first-order chi connectivity index (χ1) is 14.8. The molecule has 0 radical (unpaired) electrons. The summed E-state index contributed by atoms with van der Waals surface area (Å²) < 4.78 is 32.3. The fourth-order valence-electron chi connectivity index (χ4n) is 3.92. The van der Waals surface area contributed by atoms with Crippen molar-refractivity contribution < 1.29 is 22.7 Å². The van der Waals surface area contributed by atoms with Gasteiger partial charge in [0.1, 0.15) is 11.6 Å². The number of piperazine rings is 1. The lowest BCUT2D eigenvalue weighted by molar-refractivity contribution is -0.134. The molecule has 1 aliphatic rings. The second kappa shape index (κ2) is 9.11. The minimum Gasteiger partial charge on any atom is -0.444 e. The fourth-order valence-corrected chi connectivity index (χ4v) is 4.75. The zero-order valence-electron chi connectivity index (χ0n) is 19.3. The van der Waals surface area contributed by atoms with Gasteiger partial charge >= 0.3 is 6.09 Å². The van der Waals surface area contributed by atoms with E-state index in [2.05, 4.69) is 5.32 Å². The standard InChI is InChI=1S/C22H32N4O5S/c1-22(2,3)31-21(28)23-18(14-16-15-24(4)19-9-7-6-8-17(16)19)20(27)25-10-12-26(13-11-25)32(5,29)30/h6-9,15,18H,10-14H2,1-5H3,(H,23,28)/t18-/m0/s1. The Balaban J connectivity index is 1.82. The number of para-hydroxylation sites is 1. The zero-order valence-corrected chi connectivity index (χ0v) is 20.1. The zero-order chi connectivity index (χ0) is 23.7. The first-order valence-electron chi connectivity index (χ1n) is 10.6. The van der Waals surface area contributed by atoms with E-state index in [-0.39, 0.29) is 32.1 Å². The molecule has 2 aromatic rings. The van der Waals surface area contributed by atoms with Gasteiger partial charge < -0.3 is 19.5 Å². The van der Waals surface area contributed by atoms with Crippen LogP contribution in [0, 0.1) is 0 Å². The maximum Gasteiger partial charge on any atom is 0.408 e. The van der Waals surface area contributed by atoms with Crippen LogP contribution in [0.15, 0.2) is 30.5 Å². The van der Waals surface area contributed by atoms with Gasteiger partial charge in [-0.2, -0.15) is 4.31 Å². The van der Waals surface area contributed by atoms with E-state index in [1.54, 1.807) is 25.7 Å². The number of amides is 2. The van der Waals surface area contributed by atoms with Crippen LogP contribution in [0.4, 0.5) is 4.79 Å². The lowest BCUT2D eigenvalue weighted by Gasteiger charge is -2.35. The summed E-state index contributed by atoms with van der Waals surface area (Å²) in [5.41, 5.74) is 1.28. The molecular formula is C22H32N4O5S. The van der Waals surface area contributed by atoms with E-state index in [0.717, 1.165) is 22.7 Å². The Hall–Kier alpha value is -2.59. The van der Waals surface area contributed by atoms with Gasteiger partial charge in [-0.15, -0.1) is 0 Å². The molecule has 0 saturated carbocycles. The molecule has 3 rings (SSSR count). The highest BCUT2D eigenvalue weighted by molar-refractivity contribution is 7.88. The molecule has 1 fully saturated rings. The van der Waals surface area contributed by atoms with Gasteiger partial charge in [-0.05, 0) is 32.4 Å². The molecule has 1 aromatic carbocycles. The summed E-state index contributed by atoms with van der Waals surface area (Å²) in [6, 6.07) is 7.05. The molecule has 0 bridgehead atoms. The number of hydrogen-bond donors (Lipinski definition) is 1. The highest BCUT2D eigenvalue weighted by Gasteiger charge is 2.32. The number of aromatic nitrogens is 1. The molecule has 1 aliphatic heterocycles. The number of nitrogens with zero attached hydrogens (tertiary/aromatic N) is 3. The van der Waals surface area contributed by atoms with E-state index in [1.165, 1.54) is 4.31 Å². The van der Waals surface area contributed by atoms with Gasteiger partial charge in [0.2, 0.25) is 15.9 Å². The normalized spacial score (nSPS) is 16.7. The molecule has 1 saturated heterocycles. The summed E-state index contributed by atoms with van der Waals surface area (Å²) in [5.74, 6) is -0.253. The Morgan fingerprint density at radius 1 is 1.12 bits per heavy atom. The number of fused-ring (bicyclic) bond motifs is 1. The van der Waals surface area contributed by atoms with E-state index < -0.39 is 27.8 Å². The average molecular weight is 465 g/mol. The topological polar surface area (TPSA) is 101 Å². The minimum atomic E-state index is -3.30. The highest BCUT2D eigenvalue weighted by Crippen LogP contribution is 2.22. The number of aryl methyl sites for hydroxylation is 1. The lowest BCUT2D eigenvalue weighted by Crippen LogP contribution is -2.56. The summed E-state index contributed by atoms with van der Waals surface area (Å²) in [5, 5.41) is 3.76. The third kappa shape index (κ3) is 5.80. The van der Waals surface area contributed by atoms with E-state index in [1.807, 2.05) is 42.1 Å². The van der Waals surface area contributed by atoms with Crippen LogP contribution in [-0.4, -0.2) is 78.3 Å². The Labute approximate surface area is 189 Å². The number of ether oxygens (including phenoxy) is 1. The molecule has 0 unspecified atom stereocenters. The second-order valence-electron chi connectivity index (χ2n) is 9.17. The largest absolute Gasteiger partial charge is 0.444 e. The van der Waals surface area contributed by atoms with Gasteiger partial charge in [-0.3, -0.25) is 4.79 Å². The summed E-state index contributed by atoms with van der Waals surface area (Å²) in [6.07, 6.45) is 2.76. The number of carbonyl (C=O) groups is 2. The van der Waals surface area contributed by atoms with E-state index in [4.69, 9.17) is 4.74 Å². The minimum absolute atomic E-state index is 0.234. The molecule has 2 amide bonds. The highest BCUT2D eigenvalue weighted by atomic mass is 32.2. The van der Waals surface area contributed by atoms with Gasteiger partial charge in [0.05, 0.1) is 6.26 Å². The van der Waals surface area contributed by atoms with Crippen LogP contribution in [0.3, 0.4) is 0 Å². The first kappa shape index (κ1) is 24.1. The number of rotatable bonds is 5. The van der Waals surface area contributed by atoms with Gasteiger partial charge in [0.15, 0.2) is 0 Å². The van der Waals surface area contributed by atoms with Crippen molar-refractivity contribution in [2.45, 2.75) is 38.8 Å². The predicted molar refractivity (Wildman–Crippen MR) is 123 cm³/mol. The molecule has 2 heterocycles. The second-order valence-corrected chi connectivity index (χ2v) is 11.2. The van der Waals surface area contributed by atoms with Gasteiger partial charge in [-0.25, -0.2) is 13.2 Å². The number of carbonyl (C=O) groups excluding carboxylic acids is 2. The molecule has 1 atom stereocenters. The molecular weight excluding hydrogens is 432 g/mol. The number of sulfonamides is 1. The van der Waals surface area contributed by atoms with Crippen molar-refractivity contribution in [2.75, 3.05) is 32.4 Å². The van der Waals surface area contributed by atoms with Crippen LogP contribution in [0.25, 0.3) is 10.9 Å². The summed E-state index contributed by atoms with van der Waals surface area (Å²) in [6.45, 7) is 6.30. The number of nitrogens with one attached hydrogen (secondary N) is 1. The number of hydrogen-bond acceptors (Lipinski definition) is 5. The first-order valence-corrected chi connectivity index (χ1v) is 12.5.